The number of methoxy groups -OCH3 is 3. The van der Waals surface area contributed by atoms with E-state index in [0.717, 1.165) is 23.8 Å². The van der Waals surface area contributed by atoms with E-state index in [0.29, 0.717) is 29.4 Å². The van der Waals surface area contributed by atoms with Crippen LogP contribution in [-0.2, 0) is 19.4 Å². The van der Waals surface area contributed by atoms with E-state index in [-0.39, 0.29) is 5.91 Å². The fourth-order valence-corrected chi connectivity index (χ4v) is 3.96. The molecular weight excluding hydrogens is 354 g/mol. The van der Waals surface area contributed by atoms with Gasteiger partial charge in [-0.1, -0.05) is 24.3 Å². The second-order valence-corrected chi connectivity index (χ2v) is 6.83. The number of aryl methyl sites for hydroxylation is 2. The Hall–Kier alpha value is -3.21. The molecule has 1 amide bonds. The van der Waals surface area contributed by atoms with Gasteiger partial charge in [0.1, 0.15) is 0 Å². The lowest BCUT2D eigenvalue weighted by molar-refractivity contribution is 0.0952. The maximum atomic E-state index is 12.9. The number of ether oxygens (including phenoxy) is 3. The van der Waals surface area contributed by atoms with Crippen molar-refractivity contribution in [1.82, 2.24) is 5.32 Å². The van der Waals surface area contributed by atoms with E-state index in [1.807, 2.05) is 30.3 Å². The number of carbonyl (C=O) groups is 1. The zero-order chi connectivity index (χ0) is 19.7. The summed E-state index contributed by atoms with van der Waals surface area (Å²) in [5, 5.41) is 5.28. The molecule has 0 spiro atoms. The van der Waals surface area contributed by atoms with E-state index in [4.69, 9.17) is 14.2 Å². The third kappa shape index (κ3) is 3.03. The molecule has 0 radical (unpaired) electrons. The van der Waals surface area contributed by atoms with Gasteiger partial charge in [-0.3, -0.25) is 4.79 Å². The first-order valence-corrected chi connectivity index (χ1v) is 9.26. The molecule has 0 saturated carbocycles. The van der Waals surface area contributed by atoms with Crippen LogP contribution in [0.3, 0.4) is 0 Å². The Balaban J connectivity index is 1.60. The minimum Gasteiger partial charge on any atom is -0.493 e. The van der Waals surface area contributed by atoms with E-state index in [1.54, 1.807) is 21.3 Å². The third-order valence-corrected chi connectivity index (χ3v) is 5.30. The Kier molecular flexibility index (Phi) is 4.82. The predicted molar refractivity (Wildman–Crippen MR) is 109 cm³/mol. The number of nitrogens with one attached hydrogen (secondary N) is 1. The van der Waals surface area contributed by atoms with Gasteiger partial charge in [0, 0.05) is 12.1 Å². The van der Waals surface area contributed by atoms with Crippen LogP contribution in [0.5, 0.6) is 17.2 Å². The summed E-state index contributed by atoms with van der Waals surface area (Å²) >= 11 is 0. The molecule has 5 heteroatoms. The minimum absolute atomic E-state index is 0.0932. The molecule has 0 unspecified atom stereocenters. The molecule has 0 saturated heterocycles. The van der Waals surface area contributed by atoms with Crippen LogP contribution in [0.4, 0.5) is 0 Å². The maximum Gasteiger partial charge on any atom is 0.252 e. The van der Waals surface area contributed by atoms with Crippen molar-refractivity contribution in [2.24, 2.45) is 0 Å². The monoisotopic (exact) mass is 377 g/mol. The fourth-order valence-electron chi connectivity index (χ4n) is 3.96. The highest BCUT2D eigenvalue weighted by Gasteiger charge is 2.19. The first kappa shape index (κ1) is 18.2. The molecule has 1 aliphatic rings. The molecule has 3 aromatic carbocycles. The van der Waals surface area contributed by atoms with Crippen molar-refractivity contribution < 1.29 is 19.0 Å². The molecule has 144 valence electrons. The number of benzene rings is 3. The molecule has 4 rings (SSSR count). The van der Waals surface area contributed by atoms with Crippen LogP contribution in [0.25, 0.3) is 10.8 Å². The lowest BCUT2D eigenvalue weighted by Gasteiger charge is -2.15. The zero-order valence-corrected chi connectivity index (χ0v) is 16.3. The van der Waals surface area contributed by atoms with Gasteiger partial charge in [0.05, 0.1) is 21.3 Å². The van der Waals surface area contributed by atoms with E-state index in [1.165, 1.54) is 16.5 Å². The third-order valence-electron chi connectivity index (χ3n) is 5.30. The van der Waals surface area contributed by atoms with Gasteiger partial charge in [0.2, 0.25) is 5.75 Å². The molecule has 3 aromatic rings. The number of rotatable bonds is 6. The number of hydrogen-bond donors (Lipinski definition) is 1. The van der Waals surface area contributed by atoms with Gasteiger partial charge in [0.25, 0.3) is 5.91 Å². The van der Waals surface area contributed by atoms with Gasteiger partial charge < -0.3 is 19.5 Å². The average Bonchev–Trinajstić information content (AvgIpc) is 3.16. The first-order chi connectivity index (χ1) is 13.7. The summed E-state index contributed by atoms with van der Waals surface area (Å²) in [7, 11) is 4.72. The van der Waals surface area contributed by atoms with Crippen molar-refractivity contribution in [3.05, 3.63) is 64.7 Å². The van der Waals surface area contributed by atoms with Crippen molar-refractivity contribution >= 4 is 16.7 Å². The average molecular weight is 377 g/mol. The maximum absolute atomic E-state index is 12.9. The smallest absolute Gasteiger partial charge is 0.252 e. The van der Waals surface area contributed by atoms with Crippen molar-refractivity contribution in [3.8, 4) is 17.2 Å². The van der Waals surface area contributed by atoms with Gasteiger partial charge in [-0.25, -0.2) is 0 Å². The highest BCUT2D eigenvalue weighted by atomic mass is 16.5. The van der Waals surface area contributed by atoms with Gasteiger partial charge in [-0.2, -0.15) is 0 Å². The largest absolute Gasteiger partial charge is 0.493 e. The molecule has 0 aliphatic heterocycles. The summed E-state index contributed by atoms with van der Waals surface area (Å²) in [4.78, 5) is 12.9. The highest BCUT2D eigenvalue weighted by molar-refractivity contribution is 6.09. The van der Waals surface area contributed by atoms with Crippen molar-refractivity contribution in [1.29, 1.82) is 0 Å². The molecule has 0 heterocycles. The standard InChI is InChI=1S/C23H23NO4/c1-26-19-11-14(12-20(27-2)22(19)28-3)13-24-23(25)18-10-9-16-8-7-15-5-4-6-17(18)21(15)16/h4-6,9-12H,7-8,13H2,1-3H3,(H,24,25). The summed E-state index contributed by atoms with van der Waals surface area (Å²) < 4.78 is 16.1. The van der Waals surface area contributed by atoms with Crippen LogP contribution in [0.2, 0.25) is 0 Å². The van der Waals surface area contributed by atoms with E-state index < -0.39 is 0 Å². The van der Waals surface area contributed by atoms with Crippen LogP contribution < -0.4 is 19.5 Å². The molecule has 0 atom stereocenters. The first-order valence-electron chi connectivity index (χ1n) is 9.26. The fraction of sp³-hybridized carbons (Fsp3) is 0.261. The van der Waals surface area contributed by atoms with Gasteiger partial charge >= 0.3 is 0 Å². The summed E-state index contributed by atoms with van der Waals surface area (Å²) in [6, 6.07) is 13.9. The molecule has 28 heavy (non-hydrogen) atoms. The number of carbonyl (C=O) groups excluding carboxylic acids is 1. The Bertz CT molecular complexity index is 1020. The normalized spacial score (nSPS) is 12.1. The van der Waals surface area contributed by atoms with Gasteiger partial charge in [0.15, 0.2) is 11.5 Å². The number of hydrogen-bond acceptors (Lipinski definition) is 4. The van der Waals surface area contributed by atoms with Crippen LogP contribution in [0.15, 0.2) is 42.5 Å². The Labute approximate surface area is 164 Å². The quantitative estimate of drug-likeness (QED) is 0.708. The summed E-state index contributed by atoms with van der Waals surface area (Å²) in [5.74, 6) is 1.57. The van der Waals surface area contributed by atoms with Crippen LogP contribution in [-0.4, -0.2) is 27.2 Å². The lowest BCUT2D eigenvalue weighted by atomic mass is 9.99. The Morgan fingerprint density at radius 3 is 2.25 bits per heavy atom. The molecule has 1 aliphatic carbocycles. The summed E-state index contributed by atoms with van der Waals surface area (Å²) in [5.41, 5.74) is 4.22. The van der Waals surface area contributed by atoms with Crippen molar-refractivity contribution in [2.45, 2.75) is 19.4 Å². The van der Waals surface area contributed by atoms with Gasteiger partial charge in [-0.15, -0.1) is 0 Å². The molecule has 0 aromatic heterocycles. The minimum atomic E-state index is -0.0932. The lowest BCUT2D eigenvalue weighted by Crippen LogP contribution is -2.23. The van der Waals surface area contributed by atoms with Crippen molar-refractivity contribution in [3.63, 3.8) is 0 Å². The molecule has 0 bridgehead atoms. The van der Waals surface area contributed by atoms with E-state index in [9.17, 15) is 4.79 Å². The SMILES string of the molecule is COc1cc(CNC(=O)c2ccc3c4c(cccc24)CC3)cc(OC)c1OC. The topological polar surface area (TPSA) is 56.8 Å². The van der Waals surface area contributed by atoms with Crippen LogP contribution in [0, 0.1) is 0 Å². The molecule has 5 nitrogen and oxygen atoms in total. The summed E-state index contributed by atoms with van der Waals surface area (Å²) in [6.07, 6.45) is 2.09. The highest BCUT2D eigenvalue weighted by Crippen LogP contribution is 2.38. The van der Waals surface area contributed by atoms with Crippen LogP contribution >= 0.6 is 0 Å². The summed E-state index contributed by atoms with van der Waals surface area (Å²) in [6.45, 7) is 0.360. The van der Waals surface area contributed by atoms with E-state index >= 15 is 0 Å². The van der Waals surface area contributed by atoms with Gasteiger partial charge in [-0.05, 0) is 58.5 Å². The molecule has 0 fully saturated rings. The molecule has 1 N–H and O–H groups in total. The predicted octanol–water partition coefficient (Wildman–Crippen LogP) is 3.89. The Morgan fingerprint density at radius 1 is 0.929 bits per heavy atom. The second-order valence-electron chi connectivity index (χ2n) is 6.83. The van der Waals surface area contributed by atoms with Crippen LogP contribution in [0.1, 0.15) is 27.0 Å². The van der Waals surface area contributed by atoms with Crippen molar-refractivity contribution in [2.75, 3.05) is 21.3 Å². The Morgan fingerprint density at radius 2 is 1.61 bits per heavy atom. The zero-order valence-electron chi connectivity index (χ0n) is 16.3. The molecular formula is C23H23NO4. The number of amides is 1. The van der Waals surface area contributed by atoms with E-state index in [2.05, 4.69) is 17.4 Å². The second kappa shape index (κ2) is 7.43.